The average molecular weight is 566 g/mol. The minimum absolute atomic E-state index is 0. The van der Waals surface area contributed by atoms with Crippen molar-refractivity contribution in [3.05, 3.63) is 0 Å². The SMILES string of the molecule is CC.CC.CCC(C)(C)C1C2CCCC2CC1C1CCNC1.II.[2HH]. The molecular weight excluding hydrogens is 520 g/mol. The largest absolute Gasteiger partial charge is 0.316 e. The Labute approximate surface area is 178 Å². The molecule has 1 nitrogen and oxygen atoms in total. The van der Waals surface area contributed by atoms with Crippen molar-refractivity contribution >= 4 is 37.2 Å². The van der Waals surface area contributed by atoms with Crippen molar-refractivity contribution in [3.8, 4) is 0 Å². The highest BCUT2D eigenvalue weighted by Gasteiger charge is 2.52. The number of nitrogens with one attached hydrogen (secondary N) is 1. The van der Waals surface area contributed by atoms with Crippen LogP contribution in [0, 0.1) is 35.0 Å². The lowest BCUT2D eigenvalue weighted by Crippen LogP contribution is -2.35. The van der Waals surface area contributed by atoms with E-state index in [1.807, 2.05) is 27.7 Å². The van der Waals surface area contributed by atoms with Crippen LogP contribution in [0.2, 0.25) is 0 Å². The average Bonchev–Trinajstić information content (AvgIpc) is 3.36. The van der Waals surface area contributed by atoms with Gasteiger partial charge in [0.2, 0.25) is 0 Å². The highest BCUT2D eigenvalue weighted by atomic mass is 128. The van der Waals surface area contributed by atoms with E-state index in [1.165, 1.54) is 45.2 Å². The second kappa shape index (κ2) is 13.6. The highest BCUT2D eigenvalue weighted by molar-refractivity contribution is 15.0. The summed E-state index contributed by atoms with van der Waals surface area (Å²) < 4.78 is 0. The van der Waals surface area contributed by atoms with Crippen LogP contribution in [0.25, 0.3) is 0 Å². The predicted octanol–water partition coefficient (Wildman–Crippen LogP) is 8.15. The molecule has 5 atom stereocenters. The van der Waals surface area contributed by atoms with Gasteiger partial charge in [-0.05, 0) is 67.4 Å². The molecule has 0 aromatic carbocycles. The van der Waals surface area contributed by atoms with Gasteiger partial charge in [-0.15, -0.1) is 0 Å². The van der Waals surface area contributed by atoms with Crippen molar-refractivity contribution in [1.29, 1.82) is 0 Å². The van der Waals surface area contributed by atoms with Gasteiger partial charge in [0.15, 0.2) is 0 Å². The molecule has 1 aliphatic heterocycles. The van der Waals surface area contributed by atoms with Crippen LogP contribution >= 0.6 is 37.2 Å². The summed E-state index contributed by atoms with van der Waals surface area (Å²) in [5.41, 5.74) is 0.566. The van der Waals surface area contributed by atoms with E-state index in [0.717, 1.165) is 29.6 Å². The zero-order chi connectivity index (χ0) is 18.8. The molecule has 1 heterocycles. The smallest absolute Gasteiger partial charge is 0 e. The summed E-state index contributed by atoms with van der Waals surface area (Å²) in [6.07, 6.45) is 8.96. The molecule has 3 rings (SSSR count). The zero-order valence-corrected chi connectivity index (χ0v) is 21.6. The first-order chi connectivity index (χ1) is 11.6. The fraction of sp³-hybridized carbons (Fsp3) is 1.00. The first kappa shape index (κ1) is 25.4. The molecule has 3 heteroatoms. The van der Waals surface area contributed by atoms with Crippen molar-refractivity contribution in [2.24, 2.45) is 35.0 Å². The van der Waals surface area contributed by atoms with E-state index in [0.29, 0.717) is 5.41 Å². The minimum Gasteiger partial charge on any atom is -0.316 e. The normalized spacial score (nSPS) is 34.1. The summed E-state index contributed by atoms with van der Waals surface area (Å²) in [5, 5.41) is 3.60. The molecule has 0 bridgehead atoms. The van der Waals surface area contributed by atoms with Gasteiger partial charge in [0, 0.05) is 38.7 Å². The Hall–Kier alpha value is 1.42. The van der Waals surface area contributed by atoms with Gasteiger partial charge in [0.05, 0.1) is 0 Å². The number of fused-ring (bicyclic) bond motifs is 1. The topological polar surface area (TPSA) is 12.0 Å². The molecule has 0 radical (unpaired) electrons. The van der Waals surface area contributed by atoms with Crippen LogP contribution in [-0.2, 0) is 0 Å². The molecule has 24 heavy (non-hydrogen) atoms. The summed E-state index contributed by atoms with van der Waals surface area (Å²) in [7, 11) is 0. The van der Waals surface area contributed by atoms with Gasteiger partial charge in [-0.1, -0.05) is 67.7 Å². The third-order valence-electron chi connectivity index (χ3n) is 6.73. The molecule has 148 valence electrons. The monoisotopic (exact) mass is 566 g/mol. The lowest BCUT2D eigenvalue weighted by molar-refractivity contribution is 0.0842. The lowest BCUT2D eigenvalue weighted by atomic mass is 9.64. The van der Waals surface area contributed by atoms with Gasteiger partial charge < -0.3 is 5.32 Å². The van der Waals surface area contributed by atoms with Crippen molar-refractivity contribution in [1.82, 2.24) is 5.32 Å². The van der Waals surface area contributed by atoms with E-state index in [1.54, 1.807) is 6.42 Å². The number of rotatable bonds is 3. The van der Waals surface area contributed by atoms with Crippen LogP contribution < -0.4 is 5.32 Å². The summed E-state index contributed by atoms with van der Waals surface area (Å²) in [4.78, 5) is 0. The standard InChI is InChI=1S/C17H31N.2C2H6.I2.H2/c1-4-17(2,3)16-14-7-5-6-12(14)10-15(16)13-8-9-18-11-13;3*1-2;/h12-16,18H,4-11H2,1-3H3;2*1-2H3;;1H/i;;;;1+1. The molecule has 0 aromatic rings. The molecule has 3 aliphatic rings. The minimum atomic E-state index is 0. The van der Waals surface area contributed by atoms with Crippen LogP contribution in [0.15, 0.2) is 0 Å². The van der Waals surface area contributed by atoms with Gasteiger partial charge >= 0.3 is 0 Å². The van der Waals surface area contributed by atoms with E-state index in [9.17, 15) is 0 Å². The Morgan fingerprint density at radius 3 is 2.08 bits per heavy atom. The molecule has 0 amide bonds. The third-order valence-corrected chi connectivity index (χ3v) is 6.73. The Morgan fingerprint density at radius 2 is 1.58 bits per heavy atom. The fourth-order valence-electron chi connectivity index (χ4n) is 5.57. The second-order valence-corrected chi connectivity index (χ2v) is 7.88. The van der Waals surface area contributed by atoms with E-state index < -0.39 is 0 Å². The van der Waals surface area contributed by atoms with Crippen molar-refractivity contribution < 1.29 is 1.43 Å². The lowest BCUT2D eigenvalue weighted by Gasteiger charge is -2.40. The van der Waals surface area contributed by atoms with Crippen LogP contribution in [0.5, 0.6) is 0 Å². The predicted molar refractivity (Wildman–Crippen MR) is 130 cm³/mol. The molecule has 0 spiro atoms. The van der Waals surface area contributed by atoms with Crippen molar-refractivity contribution in [2.75, 3.05) is 13.1 Å². The first-order valence-corrected chi connectivity index (χ1v) is 16.8. The van der Waals surface area contributed by atoms with E-state index >= 15 is 0 Å². The van der Waals surface area contributed by atoms with Crippen molar-refractivity contribution in [3.63, 3.8) is 0 Å². The maximum Gasteiger partial charge on any atom is 0 e. The van der Waals surface area contributed by atoms with Crippen molar-refractivity contribution in [2.45, 2.75) is 87.0 Å². The Bertz CT molecular complexity index is 306. The zero-order valence-electron chi connectivity index (χ0n) is 17.3. The molecule has 5 unspecified atom stereocenters. The summed E-state index contributed by atoms with van der Waals surface area (Å²) in [5.74, 6) is 5.20. The Morgan fingerprint density at radius 1 is 0.958 bits per heavy atom. The first-order valence-electron chi connectivity index (χ1n) is 10.5. The van der Waals surface area contributed by atoms with Crippen LogP contribution in [0.1, 0.15) is 88.4 Å². The fourth-order valence-corrected chi connectivity index (χ4v) is 5.57. The van der Waals surface area contributed by atoms with Crippen LogP contribution in [0.4, 0.5) is 0 Å². The molecule has 2 aliphatic carbocycles. The Balaban J connectivity index is 0. The quantitative estimate of drug-likeness (QED) is 0.340. The Kier molecular flexibility index (Phi) is 14.4. The van der Waals surface area contributed by atoms with E-state index in [2.05, 4.69) is 63.3 Å². The van der Waals surface area contributed by atoms with Gasteiger partial charge in [0.1, 0.15) is 0 Å². The van der Waals surface area contributed by atoms with Gasteiger partial charge in [-0.25, -0.2) is 0 Å². The van der Waals surface area contributed by atoms with Gasteiger partial charge in [-0.2, -0.15) is 0 Å². The molecule has 3 fully saturated rings. The molecule has 0 aromatic heterocycles. The summed E-state index contributed by atoms with van der Waals surface area (Å²) in [6, 6.07) is 0. The molecule has 2 saturated carbocycles. The van der Waals surface area contributed by atoms with E-state index in [-0.39, 0.29) is 1.43 Å². The summed E-state index contributed by atoms with van der Waals surface area (Å²) >= 11 is 4.24. The van der Waals surface area contributed by atoms with Crippen LogP contribution in [0.3, 0.4) is 0 Å². The van der Waals surface area contributed by atoms with Gasteiger partial charge in [-0.3, -0.25) is 0 Å². The number of hydrogen-bond donors (Lipinski definition) is 1. The highest BCUT2D eigenvalue weighted by Crippen LogP contribution is 2.59. The summed E-state index contributed by atoms with van der Waals surface area (Å²) in [6.45, 7) is 18.1. The third kappa shape index (κ3) is 6.24. The van der Waals surface area contributed by atoms with Crippen LogP contribution in [-0.4, -0.2) is 13.1 Å². The number of hydrogen-bond acceptors (Lipinski definition) is 1. The maximum atomic E-state index is 3.60. The molecule has 1 saturated heterocycles. The van der Waals surface area contributed by atoms with Gasteiger partial charge in [0.25, 0.3) is 0 Å². The van der Waals surface area contributed by atoms with E-state index in [4.69, 9.17) is 0 Å². The second-order valence-electron chi connectivity index (χ2n) is 7.88. The number of halogens is 2. The molecule has 1 N–H and O–H groups in total. The maximum absolute atomic E-state index is 3.60. The molecular formula is C21H45I2N.